The van der Waals surface area contributed by atoms with E-state index in [4.69, 9.17) is 4.74 Å². The second-order valence-electron chi connectivity index (χ2n) is 5.21. The summed E-state index contributed by atoms with van der Waals surface area (Å²) < 4.78 is 5.52. The van der Waals surface area contributed by atoms with E-state index in [9.17, 15) is 10.1 Å². The van der Waals surface area contributed by atoms with Crippen LogP contribution in [0, 0.1) is 10.1 Å². The molecule has 1 aliphatic rings. The fourth-order valence-electron chi connectivity index (χ4n) is 2.73. The second-order valence-corrected chi connectivity index (χ2v) is 6.29. The molecule has 116 valence electrons. The van der Waals surface area contributed by atoms with Gasteiger partial charge in [-0.15, -0.1) is 0 Å². The summed E-state index contributed by atoms with van der Waals surface area (Å²) in [4.78, 5) is 11.1. The lowest BCUT2D eigenvalue weighted by Crippen LogP contribution is -2.26. The van der Waals surface area contributed by atoms with Crippen molar-refractivity contribution in [2.75, 3.05) is 18.2 Å². The first kappa shape index (κ1) is 15.9. The molecule has 0 aromatic heterocycles. The molecule has 2 unspecified atom stereocenters. The molecule has 0 heterocycles. The molecule has 2 atom stereocenters. The number of anilines is 1. The molecule has 21 heavy (non-hydrogen) atoms. The Morgan fingerprint density at radius 1 is 1.48 bits per heavy atom. The Hall–Kier alpha value is -1.43. The number of para-hydroxylation sites is 1. The zero-order chi connectivity index (χ0) is 15.2. The Balaban J connectivity index is 2.23. The predicted molar refractivity (Wildman–Crippen MR) is 87.4 cm³/mol. The third kappa shape index (κ3) is 3.81. The van der Waals surface area contributed by atoms with Gasteiger partial charge in [-0.1, -0.05) is 19.4 Å². The highest BCUT2D eigenvalue weighted by molar-refractivity contribution is 7.99. The molecule has 5 nitrogen and oxygen atoms in total. The van der Waals surface area contributed by atoms with E-state index < -0.39 is 0 Å². The molecule has 1 N–H and O–H groups in total. The van der Waals surface area contributed by atoms with Gasteiger partial charge in [0.15, 0.2) is 5.75 Å². The van der Waals surface area contributed by atoms with Gasteiger partial charge in [-0.05, 0) is 37.7 Å². The van der Waals surface area contributed by atoms with E-state index in [1.54, 1.807) is 12.1 Å². The van der Waals surface area contributed by atoms with Crippen molar-refractivity contribution in [1.29, 1.82) is 0 Å². The fraction of sp³-hybridized carbons (Fsp3) is 0.600. The average Bonchev–Trinajstić information content (AvgIpc) is 2.92. The molecule has 1 aliphatic carbocycles. The molecular formula is C15H22N2O3S. The van der Waals surface area contributed by atoms with Gasteiger partial charge in [0.1, 0.15) is 5.69 Å². The molecule has 0 saturated heterocycles. The number of ether oxygens (including phenoxy) is 1. The third-order valence-corrected chi connectivity index (χ3v) is 4.91. The maximum atomic E-state index is 11.4. The van der Waals surface area contributed by atoms with Crippen molar-refractivity contribution in [2.24, 2.45) is 0 Å². The van der Waals surface area contributed by atoms with Crippen LogP contribution < -0.4 is 10.1 Å². The van der Waals surface area contributed by atoms with Crippen molar-refractivity contribution in [3.63, 3.8) is 0 Å². The Morgan fingerprint density at radius 3 is 2.95 bits per heavy atom. The van der Waals surface area contributed by atoms with Gasteiger partial charge in [0.25, 0.3) is 0 Å². The van der Waals surface area contributed by atoms with Crippen molar-refractivity contribution >= 4 is 23.1 Å². The number of rotatable bonds is 7. The number of nitrogens with one attached hydrogen (secondary N) is 1. The number of benzene rings is 1. The van der Waals surface area contributed by atoms with Gasteiger partial charge in [0, 0.05) is 11.3 Å². The molecule has 0 amide bonds. The quantitative estimate of drug-likeness (QED) is 0.607. The first-order chi connectivity index (χ1) is 10.2. The minimum atomic E-state index is -0.351. The molecule has 1 aromatic carbocycles. The lowest BCUT2D eigenvalue weighted by molar-refractivity contribution is -0.385. The SMILES string of the molecule is CCCOc1cccc(NC2CCCC2SC)c1[N+](=O)[O-]. The minimum absolute atomic E-state index is 0.0534. The Kier molecular flexibility index (Phi) is 5.73. The van der Waals surface area contributed by atoms with E-state index in [1.165, 1.54) is 12.8 Å². The number of thioether (sulfide) groups is 1. The zero-order valence-corrected chi connectivity index (χ0v) is 13.3. The van der Waals surface area contributed by atoms with Crippen LogP contribution in [0.15, 0.2) is 18.2 Å². The van der Waals surface area contributed by atoms with E-state index in [1.807, 2.05) is 24.8 Å². The van der Waals surface area contributed by atoms with Crippen LogP contribution in [-0.4, -0.2) is 29.1 Å². The lowest BCUT2D eigenvalue weighted by atomic mass is 10.2. The largest absolute Gasteiger partial charge is 0.487 e. The van der Waals surface area contributed by atoms with E-state index in [0.717, 1.165) is 12.8 Å². The van der Waals surface area contributed by atoms with Gasteiger partial charge >= 0.3 is 5.69 Å². The average molecular weight is 310 g/mol. The Morgan fingerprint density at radius 2 is 2.29 bits per heavy atom. The van der Waals surface area contributed by atoms with Crippen LogP contribution in [0.2, 0.25) is 0 Å². The highest BCUT2D eigenvalue weighted by Crippen LogP contribution is 2.38. The summed E-state index contributed by atoms with van der Waals surface area (Å²) in [5.41, 5.74) is 0.622. The lowest BCUT2D eigenvalue weighted by Gasteiger charge is -2.20. The Labute approximate surface area is 129 Å². The zero-order valence-electron chi connectivity index (χ0n) is 12.5. The van der Waals surface area contributed by atoms with Gasteiger partial charge < -0.3 is 10.1 Å². The van der Waals surface area contributed by atoms with Gasteiger partial charge in [-0.25, -0.2) is 0 Å². The first-order valence-corrected chi connectivity index (χ1v) is 8.65. The first-order valence-electron chi connectivity index (χ1n) is 7.37. The summed E-state index contributed by atoms with van der Waals surface area (Å²) in [6, 6.07) is 5.54. The van der Waals surface area contributed by atoms with Crippen molar-refractivity contribution in [2.45, 2.75) is 43.9 Å². The monoisotopic (exact) mass is 310 g/mol. The maximum Gasteiger partial charge on any atom is 0.333 e. The van der Waals surface area contributed by atoms with Crippen LogP contribution in [0.3, 0.4) is 0 Å². The number of nitro benzene ring substituents is 1. The number of hydrogen-bond acceptors (Lipinski definition) is 5. The molecule has 1 saturated carbocycles. The molecule has 1 aromatic rings. The van der Waals surface area contributed by atoms with Crippen LogP contribution in [0.25, 0.3) is 0 Å². The number of nitro groups is 1. The molecule has 6 heteroatoms. The van der Waals surface area contributed by atoms with Crippen LogP contribution in [-0.2, 0) is 0 Å². The molecule has 0 spiro atoms. The van der Waals surface area contributed by atoms with E-state index >= 15 is 0 Å². The highest BCUT2D eigenvalue weighted by atomic mass is 32.2. The fourth-order valence-corrected chi connectivity index (χ4v) is 3.66. The van der Waals surface area contributed by atoms with Crippen molar-refractivity contribution in [1.82, 2.24) is 0 Å². The van der Waals surface area contributed by atoms with Gasteiger partial charge in [0.05, 0.1) is 11.5 Å². The summed E-state index contributed by atoms with van der Waals surface area (Å²) in [5.74, 6) is 0.352. The molecule has 0 bridgehead atoms. The van der Waals surface area contributed by atoms with E-state index in [0.29, 0.717) is 29.3 Å². The van der Waals surface area contributed by atoms with Crippen LogP contribution in [0.4, 0.5) is 11.4 Å². The third-order valence-electron chi connectivity index (χ3n) is 3.74. The van der Waals surface area contributed by atoms with E-state index in [-0.39, 0.29) is 10.6 Å². The summed E-state index contributed by atoms with van der Waals surface area (Å²) in [6.45, 7) is 2.47. The maximum absolute atomic E-state index is 11.4. The predicted octanol–water partition coefficient (Wildman–Crippen LogP) is 4.08. The molecule has 2 rings (SSSR count). The van der Waals surface area contributed by atoms with Crippen molar-refractivity contribution in [3.8, 4) is 5.75 Å². The van der Waals surface area contributed by atoms with Gasteiger partial charge in [-0.2, -0.15) is 11.8 Å². The molecular weight excluding hydrogens is 288 g/mol. The summed E-state index contributed by atoms with van der Waals surface area (Å²) in [5, 5.41) is 15.3. The van der Waals surface area contributed by atoms with Gasteiger partial charge in [0.2, 0.25) is 0 Å². The smallest absolute Gasteiger partial charge is 0.333 e. The summed E-state index contributed by atoms with van der Waals surface area (Å²) in [6.07, 6.45) is 6.32. The van der Waals surface area contributed by atoms with Crippen LogP contribution in [0.1, 0.15) is 32.6 Å². The van der Waals surface area contributed by atoms with Crippen LogP contribution >= 0.6 is 11.8 Å². The van der Waals surface area contributed by atoms with Gasteiger partial charge in [-0.3, -0.25) is 10.1 Å². The minimum Gasteiger partial charge on any atom is -0.487 e. The normalized spacial score (nSPS) is 21.2. The summed E-state index contributed by atoms with van der Waals surface area (Å²) >= 11 is 1.83. The standard InChI is InChI=1S/C15H22N2O3S/c1-3-10-20-13-8-4-7-12(15(13)17(18)19)16-11-6-5-9-14(11)21-2/h4,7-8,11,14,16H,3,5-6,9-10H2,1-2H3. The topological polar surface area (TPSA) is 64.4 Å². The summed E-state index contributed by atoms with van der Waals surface area (Å²) in [7, 11) is 0. The van der Waals surface area contributed by atoms with Crippen molar-refractivity contribution < 1.29 is 9.66 Å². The second kappa shape index (κ2) is 7.54. The number of nitrogens with zero attached hydrogens (tertiary/aromatic N) is 1. The molecule has 1 fully saturated rings. The van der Waals surface area contributed by atoms with E-state index in [2.05, 4.69) is 11.6 Å². The highest BCUT2D eigenvalue weighted by Gasteiger charge is 2.29. The Bertz CT molecular complexity index is 496. The molecule has 0 radical (unpaired) electrons. The van der Waals surface area contributed by atoms with Crippen LogP contribution in [0.5, 0.6) is 5.75 Å². The van der Waals surface area contributed by atoms with Crippen molar-refractivity contribution in [3.05, 3.63) is 28.3 Å². The number of hydrogen-bond donors (Lipinski definition) is 1. The molecule has 0 aliphatic heterocycles.